The van der Waals surface area contributed by atoms with Gasteiger partial charge in [0.25, 0.3) is 0 Å². The van der Waals surface area contributed by atoms with Gasteiger partial charge in [-0.25, -0.2) is 12.6 Å². The molecule has 1 atom stereocenters. The van der Waals surface area contributed by atoms with Gasteiger partial charge < -0.3 is 26.9 Å². The first-order valence-electron chi connectivity index (χ1n) is 1.33. The second kappa shape index (κ2) is 11.8. The fraction of sp³-hybridized carbons (Fsp3) is 1.00. The third kappa shape index (κ3) is 33.7. The van der Waals surface area contributed by atoms with E-state index < -0.39 is 21.8 Å². The summed E-state index contributed by atoms with van der Waals surface area (Å²) in [5, 5.41) is 0. The van der Waals surface area contributed by atoms with Gasteiger partial charge in [-0.2, -0.15) is 0 Å². The molecule has 10 nitrogen and oxygen atoms in total. The Morgan fingerprint density at radius 2 is 1.54 bits per heavy atom. The number of quaternary nitrogens is 2. The van der Waals surface area contributed by atoms with E-state index in [0.29, 0.717) is 0 Å². The van der Waals surface area contributed by atoms with E-state index in [1.807, 2.05) is 0 Å². The molecule has 0 aliphatic carbocycles. The van der Waals surface area contributed by atoms with Crippen molar-refractivity contribution in [1.29, 1.82) is 0 Å². The van der Waals surface area contributed by atoms with Gasteiger partial charge >= 0.3 is 0 Å². The lowest BCUT2D eigenvalue weighted by atomic mass is 12.0. The molecule has 0 radical (unpaired) electrons. The van der Waals surface area contributed by atoms with Crippen LogP contribution in [0.25, 0.3) is 0 Å². The van der Waals surface area contributed by atoms with Crippen LogP contribution in [0.5, 0.6) is 0 Å². The van der Waals surface area contributed by atoms with Gasteiger partial charge in [0.1, 0.15) is 11.4 Å². The lowest BCUT2D eigenvalue weighted by molar-refractivity contribution is -0.0981. The highest BCUT2D eigenvalue weighted by molar-refractivity contribution is 7.81. The highest BCUT2D eigenvalue weighted by Gasteiger charge is 1.93. The van der Waals surface area contributed by atoms with Crippen LogP contribution in [-0.4, -0.2) is 27.2 Å². The second-order valence-electron chi connectivity index (χ2n) is 0.748. The van der Waals surface area contributed by atoms with Gasteiger partial charge in [0.05, 0.1) is 0 Å². The van der Waals surface area contributed by atoms with E-state index >= 15 is 0 Å². The van der Waals surface area contributed by atoms with Crippen LogP contribution in [0.15, 0.2) is 0 Å². The monoisotopic (exact) mass is 245 g/mol. The molecule has 1 unspecified atom stereocenters. The molecule has 0 aromatic carbocycles. The van der Waals surface area contributed by atoms with Crippen molar-refractivity contribution in [3.05, 3.63) is 0 Å². The Labute approximate surface area is 78.1 Å². The first kappa shape index (κ1) is 29.3. The van der Waals surface area contributed by atoms with Crippen molar-refractivity contribution in [1.82, 2.24) is 12.3 Å². The van der Waals surface area contributed by atoms with Crippen molar-refractivity contribution in [3.8, 4) is 0 Å². The van der Waals surface area contributed by atoms with Gasteiger partial charge in [0.2, 0.25) is 10.4 Å². The van der Waals surface area contributed by atoms with Crippen molar-refractivity contribution >= 4 is 21.8 Å². The zero-order chi connectivity index (χ0) is 7.49. The van der Waals surface area contributed by atoms with Crippen LogP contribution in [0.2, 0.25) is 0 Å². The maximum absolute atomic E-state index is 9.36. The molecular formula is CH13N2O8S2-. The van der Waals surface area contributed by atoms with Gasteiger partial charge in [-0.15, -0.1) is 8.67 Å². The molecule has 0 rings (SSSR count). The highest BCUT2D eigenvalue weighted by atomic mass is 32.3. The molecule has 0 bridgehead atoms. The van der Waals surface area contributed by atoms with E-state index in [-0.39, 0.29) is 25.2 Å². The second-order valence-corrected chi connectivity index (χ2v) is 2.25. The lowest BCUT2D eigenvalue weighted by Crippen LogP contribution is -2.06. The summed E-state index contributed by atoms with van der Waals surface area (Å²) < 4.78 is 52.4. The van der Waals surface area contributed by atoms with Crippen LogP contribution in [0.1, 0.15) is 7.43 Å². The van der Waals surface area contributed by atoms with Crippen molar-refractivity contribution in [2.24, 2.45) is 0 Å². The molecule has 88 valence electrons. The lowest BCUT2D eigenvalue weighted by Gasteiger charge is -2.05. The van der Waals surface area contributed by atoms with Crippen LogP contribution in [0.4, 0.5) is 0 Å². The van der Waals surface area contributed by atoms with E-state index in [2.05, 4.69) is 8.67 Å². The molecule has 13 heavy (non-hydrogen) atoms. The molecule has 0 aromatic rings. The van der Waals surface area contributed by atoms with Gasteiger partial charge in [-0.1, -0.05) is 7.43 Å². The fourth-order valence-electron chi connectivity index (χ4n) is 0.0567. The Bertz CT molecular complexity index is 198. The van der Waals surface area contributed by atoms with Crippen LogP contribution < -0.4 is 12.3 Å². The van der Waals surface area contributed by atoms with E-state index in [1.165, 1.54) is 0 Å². The molecule has 0 amide bonds. The van der Waals surface area contributed by atoms with Crippen molar-refractivity contribution < 1.29 is 35.9 Å². The third-order valence-corrected chi connectivity index (χ3v) is 0.667. The molecule has 0 aliphatic rings. The zero-order valence-corrected chi connectivity index (χ0v) is 7.75. The van der Waals surface area contributed by atoms with Crippen molar-refractivity contribution in [2.75, 3.05) is 0 Å². The first-order valence-corrected chi connectivity index (χ1v) is 3.67. The number of hydrogen-bond donors (Lipinski definition) is 2. The smallest absolute Gasteiger partial charge is 0.246 e. The van der Waals surface area contributed by atoms with Crippen molar-refractivity contribution in [2.45, 2.75) is 7.43 Å². The zero-order valence-electron chi connectivity index (χ0n) is 6.12. The quantitative estimate of drug-likeness (QED) is 0.214. The number of rotatable bonds is 3. The van der Waals surface area contributed by atoms with E-state index in [1.54, 1.807) is 0 Å². The Hall–Kier alpha value is -0.180. The topological polar surface area (TPSA) is 219 Å². The summed E-state index contributed by atoms with van der Waals surface area (Å²) in [5.74, 6) is 0. The molecule has 0 aromatic heterocycles. The van der Waals surface area contributed by atoms with E-state index in [4.69, 9.17) is 0 Å². The maximum atomic E-state index is 9.36. The Morgan fingerprint density at radius 3 is 1.62 bits per heavy atom. The minimum Gasteiger partial charge on any atom is -0.870 e. The first-order chi connectivity index (χ1) is 3.92. The normalized spacial score (nSPS) is 10.6. The molecule has 0 spiro atoms. The van der Waals surface area contributed by atoms with Gasteiger partial charge in [0, 0.05) is 0 Å². The summed E-state index contributed by atoms with van der Waals surface area (Å²) in [6.07, 6.45) is 0. The van der Waals surface area contributed by atoms with E-state index in [0.717, 1.165) is 0 Å². The summed E-state index contributed by atoms with van der Waals surface area (Å²) in [4.78, 5) is 0. The standard InChI is InChI=1S/CH4.2H3N.H2O7S2.H2O/c;;;1-8(2)6-7-9(3,4)5;/h1H4;2*1H3;(H,1,2)(H,3,4,5);1H2/p-1. The molecule has 9 N–H and O–H groups in total. The highest BCUT2D eigenvalue weighted by Crippen LogP contribution is 1.88. The summed E-state index contributed by atoms with van der Waals surface area (Å²) in [6, 6.07) is 0. The SMILES string of the molecule is C.O=S([O-])OOS(=O)(=O)[O-].[NH4+].[NH4+].[OH-]. The van der Waals surface area contributed by atoms with Gasteiger partial charge in [-0.3, -0.25) is 0 Å². The Kier molecular flexibility index (Phi) is 26.6. The molecule has 0 saturated heterocycles. The summed E-state index contributed by atoms with van der Waals surface area (Å²) in [7, 11) is -5.08. The fourth-order valence-corrected chi connectivity index (χ4v) is 0.510. The summed E-state index contributed by atoms with van der Waals surface area (Å²) in [5.41, 5.74) is 0. The molecule has 0 saturated carbocycles. The van der Waals surface area contributed by atoms with E-state index in [9.17, 15) is 21.7 Å². The summed E-state index contributed by atoms with van der Waals surface area (Å²) >= 11 is -3.16. The van der Waals surface area contributed by atoms with Crippen LogP contribution in [-0.2, 0) is 30.4 Å². The molecule has 0 aliphatic heterocycles. The molecular weight excluding hydrogens is 232 g/mol. The third-order valence-electron chi connectivity index (χ3n) is 0.167. The predicted octanol–water partition coefficient (Wildman–Crippen LogP) is -0.599. The molecule has 12 heteroatoms. The van der Waals surface area contributed by atoms with Crippen LogP contribution in [0, 0.1) is 0 Å². The predicted molar refractivity (Wildman–Crippen MR) is 41.4 cm³/mol. The minimum atomic E-state index is -5.08. The van der Waals surface area contributed by atoms with Gasteiger partial charge in [-0.05, 0) is 0 Å². The van der Waals surface area contributed by atoms with Gasteiger partial charge in [0.15, 0.2) is 0 Å². The Balaban J connectivity index is -0.0000000533. The maximum Gasteiger partial charge on any atom is 0.246 e. The largest absolute Gasteiger partial charge is 0.870 e. The average Bonchev–Trinajstić information content (AvgIpc) is 1.59. The minimum absolute atomic E-state index is 0. The van der Waals surface area contributed by atoms with Crippen LogP contribution >= 0.6 is 0 Å². The van der Waals surface area contributed by atoms with Crippen LogP contribution in [0.3, 0.4) is 0 Å². The number of hydrogen-bond acceptors (Lipinski definition) is 8. The van der Waals surface area contributed by atoms with Crippen molar-refractivity contribution in [3.63, 3.8) is 0 Å². The molecule has 0 fully saturated rings. The Morgan fingerprint density at radius 1 is 1.23 bits per heavy atom. The summed E-state index contributed by atoms with van der Waals surface area (Å²) in [6.45, 7) is 0. The molecule has 0 heterocycles. The average molecular weight is 245 g/mol.